The largest absolute Gasteiger partial charge is 0.379 e. The zero-order valence-corrected chi connectivity index (χ0v) is 9.58. The van der Waals surface area contributed by atoms with Crippen molar-refractivity contribution in [1.29, 1.82) is 0 Å². The van der Waals surface area contributed by atoms with Gasteiger partial charge in [-0.1, -0.05) is 0 Å². The van der Waals surface area contributed by atoms with Crippen molar-refractivity contribution in [2.24, 2.45) is 0 Å². The number of ether oxygens (including phenoxy) is 3. The molecule has 0 spiro atoms. The fraction of sp³-hybridized carbons (Fsp3) is 0.900. The second-order valence-corrected chi connectivity index (χ2v) is 2.95. The van der Waals surface area contributed by atoms with Crippen molar-refractivity contribution >= 4 is 5.91 Å². The van der Waals surface area contributed by atoms with Crippen LogP contribution in [0.3, 0.4) is 0 Å². The highest BCUT2D eigenvalue weighted by atomic mass is 16.5. The Kier molecular flexibility index (Phi) is 10.9. The van der Waals surface area contributed by atoms with Crippen LogP contribution in [0.2, 0.25) is 0 Å². The Bertz CT molecular complexity index is 152. The topological polar surface area (TPSA) is 56.8 Å². The maximum absolute atomic E-state index is 10.9. The molecule has 0 aromatic rings. The molecule has 0 aliphatic carbocycles. The first kappa shape index (κ1) is 14.3. The van der Waals surface area contributed by atoms with Crippen LogP contribution in [0.15, 0.2) is 0 Å². The van der Waals surface area contributed by atoms with E-state index in [-0.39, 0.29) is 12.5 Å². The molecular formula is C10H21NO4. The molecule has 90 valence electrons. The lowest BCUT2D eigenvalue weighted by atomic mass is 10.4. The van der Waals surface area contributed by atoms with E-state index in [2.05, 4.69) is 10.1 Å². The van der Waals surface area contributed by atoms with Gasteiger partial charge < -0.3 is 19.5 Å². The van der Waals surface area contributed by atoms with Crippen molar-refractivity contribution in [3.63, 3.8) is 0 Å². The summed E-state index contributed by atoms with van der Waals surface area (Å²) in [6, 6.07) is 0. The van der Waals surface area contributed by atoms with Crippen LogP contribution in [0.4, 0.5) is 0 Å². The van der Waals surface area contributed by atoms with E-state index in [4.69, 9.17) is 9.47 Å². The maximum atomic E-state index is 10.9. The minimum absolute atomic E-state index is 0.0909. The molecule has 0 fully saturated rings. The summed E-state index contributed by atoms with van der Waals surface area (Å²) in [6.07, 6.45) is 0.807. The van der Waals surface area contributed by atoms with E-state index >= 15 is 0 Å². The number of hydrogen-bond donors (Lipinski definition) is 1. The predicted molar refractivity (Wildman–Crippen MR) is 56.8 cm³/mol. The number of carbonyl (C=O) groups excluding carboxylic acids is 1. The van der Waals surface area contributed by atoms with Crippen LogP contribution in [0.25, 0.3) is 0 Å². The number of nitrogens with one attached hydrogen (secondary N) is 1. The van der Waals surface area contributed by atoms with Crippen LogP contribution in [0.1, 0.15) is 13.3 Å². The summed E-state index contributed by atoms with van der Waals surface area (Å²) in [5, 5.41) is 2.71. The molecule has 0 saturated carbocycles. The van der Waals surface area contributed by atoms with Gasteiger partial charge in [-0.05, 0) is 13.3 Å². The smallest absolute Gasteiger partial charge is 0.245 e. The second kappa shape index (κ2) is 11.4. The molecule has 0 rings (SSSR count). The van der Waals surface area contributed by atoms with E-state index in [1.54, 1.807) is 0 Å². The highest BCUT2D eigenvalue weighted by Crippen LogP contribution is 1.83. The van der Waals surface area contributed by atoms with Gasteiger partial charge in [0.05, 0.1) is 13.2 Å². The Hall–Kier alpha value is -0.650. The molecule has 0 aromatic heterocycles. The number of hydrogen-bond acceptors (Lipinski definition) is 4. The van der Waals surface area contributed by atoms with E-state index in [9.17, 15) is 4.79 Å². The summed E-state index contributed by atoms with van der Waals surface area (Å²) >= 11 is 0. The molecule has 0 saturated heterocycles. The summed E-state index contributed by atoms with van der Waals surface area (Å²) in [4.78, 5) is 10.9. The fourth-order valence-electron chi connectivity index (χ4n) is 0.948. The lowest BCUT2D eigenvalue weighted by Crippen LogP contribution is -2.28. The zero-order chi connectivity index (χ0) is 11.4. The Morgan fingerprint density at radius 1 is 1.20 bits per heavy atom. The minimum atomic E-state index is -0.0909. The van der Waals surface area contributed by atoms with Gasteiger partial charge in [0, 0.05) is 26.9 Å². The van der Waals surface area contributed by atoms with Gasteiger partial charge in [-0.25, -0.2) is 0 Å². The molecule has 5 nitrogen and oxygen atoms in total. The number of carbonyl (C=O) groups is 1. The molecule has 0 unspecified atom stereocenters. The SMILES string of the molecule is CCOCCOCCCNC(=O)COC. The monoisotopic (exact) mass is 219 g/mol. The van der Waals surface area contributed by atoms with Gasteiger partial charge in [0.2, 0.25) is 5.91 Å². The lowest BCUT2D eigenvalue weighted by Gasteiger charge is -2.05. The highest BCUT2D eigenvalue weighted by Gasteiger charge is 1.97. The summed E-state index contributed by atoms with van der Waals surface area (Å²) in [5.74, 6) is -0.0909. The number of amides is 1. The molecular weight excluding hydrogens is 198 g/mol. The summed E-state index contributed by atoms with van der Waals surface area (Å²) in [6.45, 7) is 5.29. The average molecular weight is 219 g/mol. The molecule has 0 bridgehead atoms. The Morgan fingerprint density at radius 2 is 1.93 bits per heavy atom. The normalized spacial score (nSPS) is 10.3. The Morgan fingerprint density at radius 3 is 2.60 bits per heavy atom. The first-order valence-corrected chi connectivity index (χ1v) is 5.22. The van der Waals surface area contributed by atoms with Crippen LogP contribution < -0.4 is 5.32 Å². The van der Waals surface area contributed by atoms with Crippen molar-refractivity contribution < 1.29 is 19.0 Å². The highest BCUT2D eigenvalue weighted by molar-refractivity contribution is 5.77. The van der Waals surface area contributed by atoms with Crippen molar-refractivity contribution in [2.75, 3.05) is 46.7 Å². The van der Waals surface area contributed by atoms with E-state index in [0.29, 0.717) is 26.4 Å². The molecule has 1 amide bonds. The molecule has 0 aromatic carbocycles. The van der Waals surface area contributed by atoms with Crippen molar-refractivity contribution in [3.8, 4) is 0 Å². The fourth-order valence-corrected chi connectivity index (χ4v) is 0.948. The van der Waals surface area contributed by atoms with Crippen LogP contribution in [0, 0.1) is 0 Å². The zero-order valence-electron chi connectivity index (χ0n) is 9.58. The van der Waals surface area contributed by atoms with Gasteiger partial charge in [0.25, 0.3) is 0 Å². The van der Waals surface area contributed by atoms with E-state index in [0.717, 1.165) is 13.0 Å². The molecule has 0 aliphatic rings. The molecule has 15 heavy (non-hydrogen) atoms. The molecule has 5 heteroatoms. The summed E-state index contributed by atoms with van der Waals surface area (Å²) in [7, 11) is 1.50. The first-order chi connectivity index (χ1) is 7.31. The minimum Gasteiger partial charge on any atom is -0.379 e. The molecule has 0 radical (unpaired) electrons. The third kappa shape index (κ3) is 11.3. The third-order valence-electron chi connectivity index (χ3n) is 1.64. The molecule has 0 aliphatic heterocycles. The van der Waals surface area contributed by atoms with E-state index in [1.165, 1.54) is 7.11 Å². The van der Waals surface area contributed by atoms with Crippen molar-refractivity contribution in [1.82, 2.24) is 5.32 Å². The van der Waals surface area contributed by atoms with Crippen molar-refractivity contribution in [2.45, 2.75) is 13.3 Å². The van der Waals surface area contributed by atoms with Crippen LogP contribution in [-0.4, -0.2) is 52.6 Å². The maximum Gasteiger partial charge on any atom is 0.245 e. The Labute approximate surface area is 91.1 Å². The summed E-state index contributed by atoms with van der Waals surface area (Å²) in [5.41, 5.74) is 0. The van der Waals surface area contributed by atoms with Crippen LogP contribution in [0.5, 0.6) is 0 Å². The second-order valence-electron chi connectivity index (χ2n) is 2.95. The van der Waals surface area contributed by atoms with Gasteiger partial charge in [-0.3, -0.25) is 4.79 Å². The van der Waals surface area contributed by atoms with Gasteiger partial charge >= 0.3 is 0 Å². The van der Waals surface area contributed by atoms with Gasteiger partial charge in [-0.2, -0.15) is 0 Å². The van der Waals surface area contributed by atoms with Crippen LogP contribution in [-0.2, 0) is 19.0 Å². The molecule has 0 heterocycles. The van der Waals surface area contributed by atoms with E-state index < -0.39 is 0 Å². The number of rotatable bonds is 10. The Balaban J connectivity index is 3.01. The quantitative estimate of drug-likeness (QED) is 0.533. The number of methoxy groups -OCH3 is 1. The van der Waals surface area contributed by atoms with Gasteiger partial charge in [-0.15, -0.1) is 0 Å². The average Bonchev–Trinajstić information content (AvgIpc) is 2.22. The third-order valence-corrected chi connectivity index (χ3v) is 1.64. The summed E-state index contributed by atoms with van der Waals surface area (Å²) < 4.78 is 15.0. The first-order valence-electron chi connectivity index (χ1n) is 5.22. The van der Waals surface area contributed by atoms with Crippen molar-refractivity contribution in [3.05, 3.63) is 0 Å². The van der Waals surface area contributed by atoms with Crippen LogP contribution >= 0.6 is 0 Å². The molecule has 0 atom stereocenters. The van der Waals surface area contributed by atoms with Gasteiger partial charge in [0.1, 0.15) is 6.61 Å². The predicted octanol–water partition coefficient (Wildman–Crippen LogP) is 0.192. The van der Waals surface area contributed by atoms with Gasteiger partial charge in [0.15, 0.2) is 0 Å². The standard InChI is InChI=1S/C10H21NO4/c1-3-14-7-8-15-6-4-5-11-10(12)9-13-2/h3-9H2,1-2H3,(H,11,12). The lowest BCUT2D eigenvalue weighted by molar-refractivity contribution is -0.124. The molecule has 1 N–H and O–H groups in total. The van der Waals surface area contributed by atoms with E-state index in [1.807, 2.05) is 6.92 Å².